The molecule has 1 aliphatic carbocycles. The van der Waals surface area contributed by atoms with Crippen LogP contribution >= 0.6 is 0 Å². The summed E-state index contributed by atoms with van der Waals surface area (Å²) >= 11 is 0. The molecule has 0 aromatic heterocycles. The highest BCUT2D eigenvalue weighted by Crippen LogP contribution is 2.52. The molecular formula is C14H24N2. The summed E-state index contributed by atoms with van der Waals surface area (Å²) in [6, 6.07) is 0.791. The topological polar surface area (TPSA) is 7.60 Å². The zero-order chi connectivity index (χ0) is 11.8. The van der Waals surface area contributed by atoms with Gasteiger partial charge < -0.3 is 4.85 Å². The Labute approximate surface area is 99.8 Å². The molecule has 2 rings (SSSR count). The van der Waals surface area contributed by atoms with Crippen LogP contribution < -0.4 is 0 Å². The molecule has 0 amide bonds. The zero-order valence-electron chi connectivity index (χ0n) is 10.9. The van der Waals surface area contributed by atoms with Crippen LogP contribution in [0.5, 0.6) is 0 Å². The summed E-state index contributed by atoms with van der Waals surface area (Å²) < 4.78 is 0. The molecule has 0 N–H and O–H groups in total. The lowest BCUT2D eigenvalue weighted by Crippen LogP contribution is -2.35. The first-order valence-electron chi connectivity index (χ1n) is 6.51. The number of likely N-dealkylation sites (tertiary alicyclic amines) is 1. The predicted molar refractivity (Wildman–Crippen MR) is 67.2 cm³/mol. The van der Waals surface area contributed by atoms with Gasteiger partial charge in [-0.25, -0.2) is 6.57 Å². The Hall–Kier alpha value is -0.550. The third-order valence-electron chi connectivity index (χ3n) is 4.24. The maximum absolute atomic E-state index is 6.83. The second kappa shape index (κ2) is 4.04. The molecule has 2 heteroatoms. The summed E-state index contributed by atoms with van der Waals surface area (Å²) in [6.07, 6.45) is 5.15. The average molecular weight is 220 g/mol. The second-order valence-corrected chi connectivity index (χ2v) is 6.92. The van der Waals surface area contributed by atoms with Gasteiger partial charge in [0, 0.05) is 25.6 Å². The molecule has 2 nitrogen and oxygen atoms in total. The first-order chi connectivity index (χ1) is 7.44. The van der Waals surface area contributed by atoms with E-state index in [2.05, 4.69) is 30.5 Å². The van der Waals surface area contributed by atoms with E-state index in [0.717, 1.165) is 19.0 Å². The normalized spacial score (nSPS) is 37.2. The lowest BCUT2D eigenvalue weighted by atomic mass is 9.65. The van der Waals surface area contributed by atoms with Crippen molar-refractivity contribution in [2.45, 2.75) is 52.5 Å². The van der Waals surface area contributed by atoms with Crippen LogP contribution in [0.3, 0.4) is 0 Å². The van der Waals surface area contributed by atoms with Crippen molar-refractivity contribution in [1.29, 1.82) is 0 Å². The quantitative estimate of drug-likeness (QED) is 0.523. The van der Waals surface area contributed by atoms with Gasteiger partial charge in [-0.1, -0.05) is 20.8 Å². The summed E-state index contributed by atoms with van der Waals surface area (Å²) in [7, 11) is 0. The minimum atomic E-state index is 0.520. The van der Waals surface area contributed by atoms with Gasteiger partial charge in [0.2, 0.25) is 6.54 Å². The highest BCUT2D eigenvalue weighted by Gasteiger charge is 2.49. The fourth-order valence-electron chi connectivity index (χ4n) is 4.19. The van der Waals surface area contributed by atoms with Crippen molar-refractivity contribution in [3.05, 3.63) is 11.4 Å². The molecule has 16 heavy (non-hydrogen) atoms. The summed E-state index contributed by atoms with van der Waals surface area (Å²) in [4.78, 5) is 6.10. The summed E-state index contributed by atoms with van der Waals surface area (Å²) in [5, 5.41) is 0. The van der Waals surface area contributed by atoms with Crippen molar-refractivity contribution < 1.29 is 0 Å². The zero-order valence-corrected chi connectivity index (χ0v) is 10.9. The first-order valence-corrected chi connectivity index (χ1v) is 6.51. The van der Waals surface area contributed by atoms with Crippen LogP contribution in [-0.2, 0) is 0 Å². The Morgan fingerprint density at radius 3 is 2.75 bits per heavy atom. The highest BCUT2D eigenvalue weighted by molar-refractivity contribution is 5.02. The molecule has 2 unspecified atom stereocenters. The lowest BCUT2D eigenvalue weighted by molar-refractivity contribution is 0.127. The monoisotopic (exact) mass is 220 g/mol. The van der Waals surface area contributed by atoms with E-state index in [1.54, 1.807) is 0 Å². The molecule has 0 spiro atoms. The van der Waals surface area contributed by atoms with Gasteiger partial charge in [0.1, 0.15) is 0 Å². The lowest BCUT2D eigenvalue weighted by Gasteiger charge is -2.39. The molecule has 2 aliphatic rings. The number of rotatable bonds is 3. The van der Waals surface area contributed by atoms with E-state index in [0.29, 0.717) is 17.4 Å². The predicted octanol–water partition coefficient (Wildman–Crippen LogP) is 3.20. The second-order valence-electron chi connectivity index (χ2n) is 6.92. The maximum Gasteiger partial charge on any atom is 0.215 e. The van der Waals surface area contributed by atoms with Crippen molar-refractivity contribution >= 4 is 0 Å². The Morgan fingerprint density at radius 2 is 2.06 bits per heavy atom. The Morgan fingerprint density at radius 1 is 1.31 bits per heavy atom. The van der Waals surface area contributed by atoms with Crippen LogP contribution in [0.25, 0.3) is 4.85 Å². The van der Waals surface area contributed by atoms with Gasteiger partial charge in [-0.3, -0.25) is 4.90 Å². The van der Waals surface area contributed by atoms with E-state index in [9.17, 15) is 0 Å². The van der Waals surface area contributed by atoms with Crippen molar-refractivity contribution in [3.63, 3.8) is 0 Å². The highest BCUT2D eigenvalue weighted by atomic mass is 15.2. The molecule has 1 heterocycles. The molecule has 1 aliphatic heterocycles. The Bertz CT molecular complexity index is 302. The standard InChI is InChI=1S/C14H24N2/c1-13(2)8-12-9-14(3,10-13)11-16(12)7-5-6-15-4/h12H,5-11H2,1-3H3. The number of hydrogen-bond donors (Lipinski definition) is 0. The molecule has 0 aromatic carbocycles. The minimum absolute atomic E-state index is 0.520. The largest absolute Gasteiger partial charge is 0.317 e. The van der Waals surface area contributed by atoms with Crippen molar-refractivity contribution in [2.24, 2.45) is 10.8 Å². The van der Waals surface area contributed by atoms with Crippen LogP contribution in [0.4, 0.5) is 0 Å². The van der Waals surface area contributed by atoms with Crippen LogP contribution in [0.15, 0.2) is 0 Å². The van der Waals surface area contributed by atoms with E-state index in [1.807, 2.05) is 0 Å². The van der Waals surface area contributed by atoms with Gasteiger partial charge in [0.25, 0.3) is 0 Å². The third-order valence-corrected chi connectivity index (χ3v) is 4.24. The fourth-order valence-corrected chi connectivity index (χ4v) is 4.19. The first kappa shape index (κ1) is 11.9. The van der Waals surface area contributed by atoms with E-state index < -0.39 is 0 Å². The summed E-state index contributed by atoms with van der Waals surface area (Å²) in [6.45, 7) is 17.2. The van der Waals surface area contributed by atoms with E-state index in [1.165, 1.54) is 25.8 Å². The van der Waals surface area contributed by atoms with E-state index >= 15 is 0 Å². The van der Waals surface area contributed by atoms with Gasteiger partial charge in [-0.15, -0.1) is 0 Å². The molecule has 0 radical (unpaired) electrons. The number of nitrogens with zero attached hydrogens (tertiary/aromatic N) is 2. The molecule has 1 saturated carbocycles. The Balaban J connectivity index is 1.97. The smallest absolute Gasteiger partial charge is 0.215 e. The molecule has 2 atom stereocenters. The summed E-state index contributed by atoms with van der Waals surface area (Å²) in [5.74, 6) is 0. The molecule has 2 bridgehead atoms. The van der Waals surface area contributed by atoms with Crippen LogP contribution in [0.2, 0.25) is 0 Å². The van der Waals surface area contributed by atoms with Gasteiger partial charge in [-0.2, -0.15) is 0 Å². The molecule has 90 valence electrons. The average Bonchev–Trinajstić information content (AvgIpc) is 2.35. The molecule has 1 saturated heterocycles. The van der Waals surface area contributed by atoms with E-state index in [4.69, 9.17) is 6.57 Å². The summed E-state index contributed by atoms with van der Waals surface area (Å²) in [5.41, 5.74) is 1.07. The molecule has 2 fully saturated rings. The fraction of sp³-hybridized carbons (Fsp3) is 0.929. The molecule has 0 aromatic rings. The number of hydrogen-bond acceptors (Lipinski definition) is 1. The van der Waals surface area contributed by atoms with Crippen LogP contribution in [0.1, 0.15) is 46.5 Å². The SMILES string of the molecule is [C-]#[N+]CCCN1CC2(C)CC1CC(C)(C)C2. The van der Waals surface area contributed by atoms with Crippen molar-refractivity contribution in [3.8, 4) is 0 Å². The van der Waals surface area contributed by atoms with Gasteiger partial charge in [0.05, 0.1) is 0 Å². The third kappa shape index (κ3) is 2.40. The van der Waals surface area contributed by atoms with Gasteiger partial charge >= 0.3 is 0 Å². The van der Waals surface area contributed by atoms with Gasteiger partial charge in [0.15, 0.2) is 0 Å². The van der Waals surface area contributed by atoms with Gasteiger partial charge in [-0.05, 0) is 30.1 Å². The van der Waals surface area contributed by atoms with Crippen LogP contribution in [-0.4, -0.2) is 30.6 Å². The number of fused-ring (bicyclic) bond motifs is 2. The van der Waals surface area contributed by atoms with Crippen LogP contribution in [0, 0.1) is 17.4 Å². The molecular weight excluding hydrogens is 196 g/mol. The van der Waals surface area contributed by atoms with E-state index in [-0.39, 0.29) is 0 Å². The minimum Gasteiger partial charge on any atom is -0.317 e. The maximum atomic E-state index is 6.83. The van der Waals surface area contributed by atoms with Crippen molar-refractivity contribution in [2.75, 3.05) is 19.6 Å². The Kier molecular flexibility index (Phi) is 3.01. The van der Waals surface area contributed by atoms with Crippen molar-refractivity contribution in [1.82, 2.24) is 4.90 Å².